The lowest BCUT2D eigenvalue weighted by molar-refractivity contribution is 0.597. The van der Waals surface area contributed by atoms with Crippen molar-refractivity contribution in [3.05, 3.63) is 11.8 Å². The normalized spacial score (nSPS) is 16.0. The Morgan fingerprint density at radius 2 is 2.38 bits per heavy atom. The molecule has 7 nitrogen and oxygen atoms in total. The highest BCUT2D eigenvalue weighted by Gasteiger charge is 2.28. The van der Waals surface area contributed by atoms with E-state index in [-0.39, 0.29) is 28.9 Å². The molecule has 16 heavy (non-hydrogen) atoms. The number of aromatic nitrogens is 2. The lowest BCUT2D eigenvalue weighted by Crippen LogP contribution is -2.21. The first-order chi connectivity index (χ1) is 7.48. The maximum absolute atomic E-state index is 11.7. The van der Waals surface area contributed by atoms with Gasteiger partial charge in [0.2, 0.25) is 10.0 Å². The fourth-order valence-corrected chi connectivity index (χ4v) is 2.86. The summed E-state index contributed by atoms with van der Waals surface area (Å²) in [5.41, 5.74) is 5.54. The highest BCUT2D eigenvalue weighted by molar-refractivity contribution is 7.92. The number of H-pyrrole nitrogens is 1. The molecule has 0 aromatic carbocycles. The molecule has 0 aliphatic heterocycles. The molecule has 1 aromatic heterocycles. The minimum absolute atomic E-state index is 0.114. The van der Waals surface area contributed by atoms with Crippen LogP contribution in [-0.4, -0.2) is 30.2 Å². The molecule has 0 atom stereocenters. The number of nitrogens with two attached hydrogens (primary N) is 1. The van der Waals surface area contributed by atoms with E-state index in [1.54, 1.807) is 0 Å². The van der Waals surface area contributed by atoms with Crippen molar-refractivity contribution in [3.8, 4) is 0 Å². The summed E-state index contributed by atoms with van der Waals surface area (Å²) in [6.07, 6.45) is 3.24. The first-order valence-electron chi connectivity index (χ1n) is 4.86. The molecule has 1 aliphatic carbocycles. The van der Waals surface area contributed by atoms with Crippen molar-refractivity contribution < 1.29 is 8.42 Å². The second kappa shape index (κ2) is 3.78. The first kappa shape index (κ1) is 10.9. The van der Waals surface area contributed by atoms with Gasteiger partial charge in [-0.2, -0.15) is 5.10 Å². The Balaban J connectivity index is 2.13. The van der Waals surface area contributed by atoms with Crippen LogP contribution >= 0.6 is 0 Å². The standard InChI is InChI=1S/C8H13N5O2S/c9-7(10)6-3-11-12-8(6)13-16(14,15)4-5-1-2-5/h3,5H,1-2,4H2,(H3,9,10)(H2,11,12,13). The Hall–Kier alpha value is -1.57. The molecule has 0 bridgehead atoms. The molecule has 8 heteroatoms. The van der Waals surface area contributed by atoms with Crippen molar-refractivity contribution in [1.82, 2.24) is 10.2 Å². The molecule has 0 amide bonds. The van der Waals surface area contributed by atoms with Crippen LogP contribution in [0.3, 0.4) is 0 Å². The maximum atomic E-state index is 11.7. The van der Waals surface area contributed by atoms with Gasteiger partial charge in [0, 0.05) is 0 Å². The number of hydrogen-bond donors (Lipinski definition) is 4. The molecule has 1 heterocycles. The first-order valence-corrected chi connectivity index (χ1v) is 6.51. The van der Waals surface area contributed by atoms with Crippen molar-refractivity contribution >= 4 is 21.7 Å². The average molecular weight is 243 g/mol. The van der Waals surface area contributed by atoms with Crippen LogP contribution in [0.15, 0.2) is 6.20 Å². The summed E-state index contributed by atoms with van der Waals surface area (Å²) in [5.74, 6) is 0.316. The zero-order valence-electron chi connectivity index (χ0n) is 8.53. The third-order valence-electron chi connectivity index (χ3n) is 2.34. The second-order valence-electron chi connectivity index (χ2n) is 3.90. The predicted octanol–water partition coefficient (Wildman–Crippen LogP) is -0.155. The van der Waals surface area contributed by atoms with E-state index in [9.17, 15) is 8.42 Å². The summed E-state index contributed by atoms with van der Waals surface area (Å²) in [6.45, 7) is 0. The van der Waals surface area contributed by atoms with Crippen molar-refractivity contribution in [3.63, 3.8) is 0 Å². The molecule has 1 aromatic rings. The van der Waals surface area contributed by atoms with Gasteiger partial charge in [-0.15, -0.1) is 0 Å². The minimum Gasteiger partial charge on any atom is -0.384 e. The van der Waals surface area contributed by atoms with Crippen LogP contribution < -0.4 is 10.5 Å². The van der Waals surface area contributed by atoms with Gasteiger partial charge in [0.05, 0.1) is 17.5 Å². The quantitative estimate of drug-likeness (QED) is 0.423. The zero-order chi connectivity index (χ0) is 11.8. The molecule has 1 fully saturated rings. The van der Waals surface area contributed by atoms with Gasteiger partial charge in [-0.3, -0.25) is 15.2 Å². The van der Waals surface area contributed by atoms with Crippen LogP contribution in [0.25, 0.3) is 0 Å². The summed E-state index contributed by atoms with van der Waals surface area (Å²) in [7, 11) is -3.37. The SMILES string of the molecule is N=C(N)c1cn[nH]c1NS(=O)(=O)CC1CC1. The lowest BCUT2D eigenvalue weighted by Gasteiger charge is -2.06. The van der Waals surface area contributed by atoms with Crippen molar-refractivity contribution in [2.24, 2.45) is 11.7 Å². The van der Waals surface area contributed by atoms with Gasteiger partial charge in [-0.1, -0.05) is 0 Å². The van der Waals surface area contributed by atoms with Gasteiger partial charge in [-0.05, 0) is 18.8 Å². The molecule has 0 radical (unpaired) electrons. The van der Waals surface area contributed by atoms with Gasteiger partial charge in [0.25, 0.3) is 0 Å². The van der Waals surface area contributed by atoms with E-state index < -0.39 is 10.0 Å². The summed E-state index contributed by atoms with van der Waals surface area (Å²) in [6, 6.07) is 0. The Kier molecular flexibility index (Phi) is 2.58. The van der Waals surface area contributed by atoms with Gasteiger partial charge < -0.3 is 5.73 Å². The Morgan fingerprint density at radius 1 is 1.69 bits per heavy atom. The molecule has 0 saturated heterocycles. The van der Waals surface area contributed by atoms with Crippen LogP contribution in [0.5, 0.6) is 0 Å². The fourth-order valence-electron chi connectivity index (χ4n) is 1.36. The highest BCUT2D eigenvalue weighted by atomic mass is 32.2. The number of amidine groups is 1. The van der Waals surface area contributed by atoms with Crippen molar-refractivity contribution in [1.29, 1.82) is 5.41 Å². The number of sulfonamides is 1. The van der Waals surface area contributed by atoms with Gasteiger partial charge in [0.1, 0.15) is 11.7 Å². The summed E-state index contributed by atoms with van der Waals surface area (Å²) >= 11 is 0. The van der Waals surface area contributed by atoms with E-state index in [4.69, 9.17) is 11.1 Å². The monoisotopic (exact) mass is 243 g/mol. The summed E-state index contributed by atoms with van der Waals surface area (Å²) in [4.78, 5) is 0. The molecule has 0 unspecified atom stereocenters. The Bertz CT molecular complexity index is 502. The molecule has 0 spiro atoms. The molecule has 2 rings (SSSR count). The van der Waals surface area contributed by atoms with Crippen molar-refractivity contribution in [2.75, 3.05) is 10.5 Å². The third kappa shape index (κ3) is 2.51. The number of aromatic amines is 1. The number of nitrogens with one attached hydrogen (secondary N) is 3. The number of nitrogen functional groups attached to an aromatic ring is 1. The summed E-state index contributed by atoms with van der Waals surface area (Å²) in [5, 5.41) is 13.4. The third-order valence-corrected chi connectivity index (χ3v) is 3.76. The van der Waals surface area contributed by atoms with Crippen LogP contribution in [0.4, 0.5) is 5.82 Å². The van der Waals surface area contributed by atoms with Crippen LogP contribution in [0.1, 0.15) is 18.4 Å². The fraction of sp³-hybridized carbons (Fsp3) is 0.500. The average Bonchev–Trinajstić information content (AvgIpc) is 2.80. The van der Waals surface area contributed by atoms with Gasteiger partial charge in [0.15, 0.2) is 0 Å². The summed E-state index contributed by atoms with van der Waals surface area (Å²) < 4.78 is 25.7. The molecule has 88 valence electrons. The maximum Gasteiger partial charge on any atom is 0.234 e. The molecular weight excluding hydrogens is 230 g/mol. The van der Waals surface area contributed by atoms with E-state index in [0.717, 1.165) is 12.8 Å². The van der Waals surface area contributed by atoms with E-state index >= 15 is 0 Å². The predicted molar refractivity (Wildman–Crippen MR) is 59.7 cm³/mol. The van der Waals surface area contributed by atoms with E-state index in [0.29, 0.717) is 0 Å². The molecule has 1 saturated carbocycles. The van der Waals surface area contributed by atoms with E-state index in [2.05, 4.69) is 14.9 Å². The van der Waals surface area contributed by atoms with Crippen molar-refractivity contribution in [2.45, 2.75) is 12.8 Å². The topological polar surface area (TPSA) is 125 Å². The van der Waals surface area contributed by atoms with E-state index in [1.807, 2.05) is 0 Å². The zero-order valence-corrected chi connectivity index (χ0v) is 9.34. The molecule has 5 N–H and O–H groups in total. The molecular formula is C8H13N5O2S. The lowest BCUT2D eigenvalue weighted by atomic mass is 10.3. The highest BCUT2D eigenvalue weighted by Crippen LogP contribution is 2.30. The van der Waals surface area contributed by atoms with Gasteiger partial charge >= 0.3 is 0 Å². The Labute approximate surface area is 93.0 Å². The number of anilines is 1. The minimum atomic E-state index is -3.37. The number of nitrogens with zero attached hydrogens (tertiary/aromatic N) is 1. The van der Waals surface area contributed by atoms with E-state index in [1.165, 1.54) is 6.20 Å². The Morgan fingerprint density at radius 3 is 2.94 bits per heavy atom. The number of rotatable bonds is 5. The largest absolute Gasteiger partial charge is 0.384 e. The second-order valence-corrected chi connectivity index (χ2v) is 5.67. The molecule has 1 aliphatic rings. The van der Waals surface area contributed by atoms with Gasteiger partial charge in [-0.25, -0.2) is 8.42 Å². The smallest absolute Gasteiger partial charge is 0.234 e. The van der Waals surface area contributed by atoms with Crippen LogP contribution in [-0.2, 0) is 10.0 Å². The van der Waals surface area contributed by atoms with Crippen LogP contribution in [0, 0.1) is 11.3 Å². The number of hydrogen-bond acceptors (Lipinski definition) is 4. The van der Waals surface area contributed by atoms with Crippen LogP contribution in [0.2, 0.25) is 0 Å².